The van der Waals surface area contributed by atoms with Gasteiger partial charge in [-0.05, 0) is 49.2 Å². The highest BCUT2D eigenvalue weighted by Crippen LogP contribution is 2.13. The first-order valence-electron chi connectivity index (χ1n) is 7.70. The molecule has 1 atom stereocenters. The molecule has 4 nitrogen and oxygen atoms in total. The van der Waals surface area contributed by atoms with Crippen LogP contribution in [0.2, 0.25) is 0 Å². The van der Waals surface area contributed by atoms with Crippen LogP contribution in [0.15, 0.2) is 53.4 Å². The SMILES string of the molecule is CCS(=O)(=O)c1ccc(C(=O)NC(C)Cc2ccccc2F)cc1. The second-order valence-corrected chi connectivity index (χ2v) is 7.88. The lowest BCUT2D eigenvalue weighted by molar-refractivity contribution is 0.0940. The van der Waals surface area contributed by atoms with Gasteiger partial charge in [0.15, 0.2) is 9.84 Å². The van der Waals surface area contributed by atoms with Crippen LogP contribution in [0.4, 0.5) is 4.39 Å². The summed E-state index contributed by atoms with van der Waals surface area (Å²) in [5, 5.41) is 2.79. The number of carbonyl (C=O) groups excluding carboxylic acids is 1. The summed E-state index contributed by atoms with van der Waals surface area (Å²) in [5.41, 5.74) is 0.903. The van der Waals surface area contributed by atoms with Crippen molar-refractivity contribution in [3.63, 3.8) is 0 Å². The molecule has 0 heterocycles. The van der Waals surface area contributed by atoms with Gasteiger partial charge in [0.25, 0.3) is 5.91 Å². The van der Waals surface area contributed by atoms with E-state index in [0.717, 1.165) is 0 Å². The average molecular weight is 349 g/mol. The highest BCUT2D eigenvalue weighted by atomic mass is 32.2. The number of hydrogen-bond acceptors (Lipinski definition) is 3. The molecular weight excluding hydrogens is 329 g/mol. The van der Waals surface area contributed by atoms with Gasteiger partial charge in [0.1, 0.15) is 5.82 Å². The largest absolute Gasteiger partial charge is 0.349 e. The van der Waals surface area contributed by atoms with Gasteiger partial charge in [0.2, 0.25) is 0 Å². The summed E-state index contributed by atoms with van der Waals surface area (Å²) in [6, 6.07) is 12.0. The maximum Gasteiger partial charge on any atom is 0.251 e. The molecular formula is C18H20FNO3S. The highest BCUT2D eigenvalue weighted by molar-refractivity contribution is 7.91. The third kappa shape index (κ3) is 4.41. The van der Waals surface area contributed by atoms with Crippen LogP contribution >= 0.6 is 0 Å². The molecule has 1 unspecified atom stereocenters. The van der Waals surface area contributed by atoms with Gasteiger partial charge in [0.05, 0.1) is 10.6 Å². The predicted molar refractivity (Wildman–Crippen MR) is 91.2 cm³/mol. The number of nitrogens with one attached hydrogen (secondary N) is 1. The number of sulfone groups is 1. The highest BCUT2D eigenvalue weighted by Gasteiger charge is 2.15. The van der Waals surface area contributed by atoms with Crippen molar-refractivity contribution in [2.75, 3.05) is 5.75 Å². The zero-order chi connectivity index (χ0) is 17.7. The second kappa shape index (κ2) is 7.57. The van der Waals surface area contributed by atoms with E-state index in [0.29, 0.717) is 17.5 Å². The van der Waals surface area contributed by atoms with Gasteiger partial charge in [-0.1, -0.05) is 25.1 Å². The van der Waals surface area contributed by atoms with E-state index in [1.54, 1.807) is 32.0 Å². The molecule has 2 aromatic rings. The van der Waals surface area contributed by atoms with Crippen LogP contribution in [-0.2, 0) is 16.3 Å². The summed E-state index contributed by atoms with van der Waals surface area (Å²) in [5.74, 6) is -0.606. The Bertz CT molecular complexity index is 816. The van der Waals surface area contributed by atoms with Crippen LogP contribution in [-0.4, -0.2) is 26.1 Å². The van der Waals surface area contributed by atoms with E-state index in [2.05, 4.69) is 5.32 Å². The molecule has 0 saturated carbocycles. The van der Waals surface area contributed by atoms with Crippen LogP contribution in [0, 0.1) is 5.82 Å². The normalized spacial score (nSPS) is 12.6. The van der Waals surface area contributed by atoms with Crippen LogP contribution in [0.1, 0.15) is 29.8 Å². The van der Waals surface area contributed by atoms with E-state index in [1.807, 2.05) is 0 Å². The van der Waals surface area contributed by atoms with Crippen molar-refractivity contribution in [1.29, 1.82) is 0 Å². The van der Waals surface area contributed by atoms with Crippen molar-refractivity contribution < 1.29 is 17.6 Å². The zero-order valence-electron chi connectivity index (χ0n) is 13.6. The number of benzene rings is 2. The van der Waals surface area contributed by atoms with E-state index in [4.69, 9.17) is 0 Å². The fourth-order valence-electron chi connectivity index (χ4n) is 2.33. The minimum Gasteiger partial charge on any atom is -0.349 e. The smallest absolute Gasteiger partial charge is 0.251 e. The number of hydrogen-bond donors (Lipinski definition) is 1. The minimum absolute atomic E-state index is 0.0121. The average Bonchev–Trinajstić information content (AvgIpc) is 2.57. The molecule has 6 heteroatoms. The topological polar surface area (TPSA) is 63.2 Å². The molecule has 128 valence electrons. The van der Waals surface area contributed by atoms with Crippen LogP contribution in [0.25, 0.3) is 0 Å². The molecule has 0 spiro atoms. The minimum atomic E-state index is -3.28. The Kier molecular flexibility index (Phi) is 5.72. The molecule has 0 bridgehead atoms. The summed E-state index contributed by atoms with van der Waals surface area (Å²) in [6.07, 6.45) is 0.376. The molecule has 1 amide bonds. The third-order valence-corrected chi connectivity index (χ3v) is 5.47. The molecule has 0 radical (unpaired) electrons. The van der Waals surface area contributed by atoms with Gasteiger partial charge >= 0.3 is 0 Å². The summed E-state index contributed by atoms with van der Waals surface area (Å²) >= 11 is 0. The van der Waals surface area contributed by atoms with Gasteiger partial charge in [-0.15, -0.1) is 0 Å². The summed E-state index contributed by atoms with van der Waals surface area (Å²) < 4.78 is 37.1. The van der Waals surface area contributed by atoms with Gasteiger partial charge in [0, 0.05) is 11.6 Å². The van der Waals surface area contributed by atoms with Crippen LogP contribution in [0.5, 0.6) is 0 Å². The fourth-order valence-corrected chi connectivity index (χ4v) is 3.22. The quantitative estimate of drug-likeness (QED) is 0.872. The monoisotopic (exact) mass is 349 g/mol. The van der Waals surface area contributed by atoms with E-state index in [1.165, 1.54) is 30.3 Å². The van der Waals surface area contributed by atoms with E-state index >= 15 is 0 Å². The van der Waals surface area contributed by atoms with Gasteiger partial charge in [-0.2, -0.15) is 0 Å². The lowest BCUT2D eigenvalue weighted by atomic mass is 10.1. The molecule has 0 saturated heterocycles. The number of halogens is 1. The van der Waals surface area contributed by atoms with Gasteiger partial charge in [-0.25, -0.2) is 12.8 Å². The van der Waals surface area contributed by atoms with Gasteiger partial charge in [-0.3, -0.25) is 4.79 Å². The van der Waals surface area contributed by atoms with Crippen molar-refractivity contribution >= 4 is 15.7 Å². The molecule has 2 aromatic carbocycles. The predicted octanol–water partition coefficient (Wildman–Crippen LogP) is 2.98. The third-order valence-electron chi connectivity index (χ3n) is 3.72. The zero-order valence-corrected chi connectivity index (χ0v) is 14.4. The Morgan fingerprint density at radius 1 is 1.12 bits per heavy atom. The van der Waals surface area contributed by atoms with Crippen molar-refractivity contribution in [1.82, 2.24) is 5.32 Å². The first-order valence-corrected chi connectivity index (χ1v) is 9.36. The Hall–Kier alpha value is -2.21. The lowest BCUT2D eigenvalue weighted by Gasteiger charge is -2.14. The standard InChI is InChI=1S/C18H20FNO3S/c1-3-24(22,23)16-10-8-14(9-11-16)18(21)20-13(2)12-15-6-4-5-7-17(15)19/h4-11,13H,3,12H2,1-2H3,(H,20,21). The van der Waals surface area contributed by atoms with Crippen LogP contribution in [0.3, 0.4) is 0 Å². The van der Waals surface area contributed by atoms with E-state index < -0.39 is 9.84 Å². The molecule has 0 aliphatic rings. The molecule has 2 rings (SSSR count). The van der Waals surface area contributed by atoms with Crippen molar-refractivity contribution in [3.05, 3.63) is 65.5 Å². The van der Waals surface area contributed by atoms with Crippen molar-refractivity contribution in [3.8, 4) is 0 Å². The first-order chi connectivity index (χ1) is 11.3. The fraction of sp³-hybridized carbons (Fsp3) is 0.278. The summed E-state index contributed by atoms with van der Waals surface area (Å²) in [7, 11) is -3.28. The second-order valence-electron chi connectivity index (χ2n) is 5.60. The molecule has 0 aromatic heterocycles. The van der Waals surface area contributed by atoms with E-state index in [9.17, 15) is 17.6 Å². The Balaban J connectivity index is 2.03. The van der Waals surface area contributed by atoms with E-state index in [-0.39, 0.29) is 28.4 Å². The maximum atomic E-state index is 13.6. The molecule has 24 heavy (non-hydrogen) atoms. The Labute approximate surface area is 141 Å². The van der Waals surface area contributed by atoms with Crippen LogP contribution < -0.4 is 5.32 Å². The maximum absolute atomic E-state index is 13.6. The summed E-state index contributed by atoms with van der Waals surface area (Å²) in [6.45, 7) is 3.36. The Morgan fingerprint density at radius 2 is 1.75 bits per heavy atom. The molecule has 0 fully saturated rings. The van der Waals surface area contributed by atoms with Crippen molar-refractivity contribution in [2.24, 2.45) is 0 Å². The van der Waals surface area contributed by atoms with Crippen molar-refractivity contribution in [2.45, 2.75) is 31.2 Å². The Morgan fingerprint density at radius 3 is 2.33 bits per heavy atom. The molecule has 0 aliphatic carbocycles. The number of rotatable bonds is 6. The summed E-state index contributed by atoms with van der Waals surface area (Å²) in [4.78, 5) is 12.4. The molecule has 0 aliphatic heterocycles. The molecule has 1 N–H and O–H groups in total. The van der Waals surface area contributed by atoms with Gasteiger partial charge < -0.3 is 5.32 Å². The first kappa shape index (κ1) is 18.1. The number of amides is 1. The number of carbonyl (C=O) groups is 1. The lowest BCUT2D eigenvalue weighted by Crippen LogP contribution is -2.34.